The molecule has 28 heavy (non-hydrogen) atoms. The Morgan fingerprint density at radius 2 is 2.07 bits per heavy atom. The Morgan fingerprint density at radius 1 is 1.25 bits per heavy atom. The normalized spacial score (nSPS) is 17.3. The van der Waals surface area contributed by atoms with Gasteiger partial charge in [0.2, 0.25) is 0 Å². The zero-order valence-electron chi connectivity index (χ0n) is 16.1. The van der Waals surface area contributed by atoms with E-state index in [0.717, 1.165) is 41.0 Å². The Hall–Kier alpha value is -2.67. The molecule has 0 bridgehead atoms. The van der Waals surface area contributed by atoms with Gasteiger partial charge in [-0.15, -0.1) is 10.2 Å². The Kier molecular flexibility index (Phi) is 4.71. The number of H-pyrrole nitrogens is 1. The highest BCUT2D eigenvalue weighted by atomic mass is 35.5. The number of likely N-dealkylation sites (tertiary alicyclic amines) is 1. The monoisotopic (exact) mass is 399 g/mol. The van der Waals surface area contributed by atoms with E-state index in [-0.39, 0.29) is 12.1 Å². The quantitative estimate of drug-likeness (QED) is 0.672. The number of benzene rings is 1. The van der Waals surface area contributed by atoms with Gasteiger partial charge in [-0.25, -0.2) is 9.78 Å². The maximum Gasteiger partial charge on any atom is 0.410 e. The van der Waals surface area contributed by atoms with Crippen molar-refractivity contribution in [2.45, 2.75) is 45.3 Å². The lowest BCUT2D eigenvalue weighted by Gasteiger charge is -2.27. The molecule has 7 nitrogen and oxygen atoms in total. The van der Waals surface area contributed by atoms with Gasteiger partial charge in [-0.05, 0) is 57.9 Å². The number of hydrogen-bond donors (Lipinski definition) is 1. The third-order valence-electron chi connectivity index (χ3n) is 4.62. The van der Waals surface area contributed by atoms with Crippen molar-refractivity contribution >= 4 is 28.7 Å². The molecule has 2 aromatic heterocycles. The molecular weight excluding hydrogens is 378 g/mol. The molecule has 1 N–H and O–H groups in total. The van der Waals surface area contributed by atoms with Crippen molar-refractivity contribution < 1.29 is 9.53 Å². The summed E-state index contributed by atoms with van der Waals surface area (Å²) in [4.78, 5) is 22.4. The molecule has 4 rings (SSSR count). The number of halogens is 1. The zero-order valence-corrected chi connectivity index (χ0v) is 16.8. The van der Waals surface area contributed by atoms with Crippen molar-refractivity contribution in [2.24, 2.45) is 0 Å². The van der Waals surface area contributed by atoms with E-state index in [0.29, 0.717) is 11.7 Å². The predicted molar refractivity (Wildman–Crippen MR) is 107 cm³/mol. The lowest BCUT2D eigenvalue weighted by molar-refractivity contribution is 0.0219. The van der Waals surface area contributed by atoms with Crippen molar-refractivity contribution in [1.82, 2.24) is 25.1 Å². The molecule has 1 fully saturated rings. The minimum Gasteiger partial charge on any atom is -0.444 e. The molecule has 0 spiro atoms. The lowest BCUT2D eigenvalue weighted by Crippen LogP contribution is -2.36. The number of nitrogens with zero attached hydrogens (tertiary/aromatic N) is 4. The van der Waals surface area contributed by atoms with E-state index in [4.69, 9.17) is 21.3 Å². The second-order valence-electron chi connectivity index (χ2n) is 7.93. The van der Waals surface area contributed by atoms with E-state index in [9.17, 15) is 4.79 Å². The summed E-state index contributed by atoms with van der Waals surface area (Å²) < 4.78 is 5.55. The summed E-state index contributed by atoms with van der Waals surface area (Å²) in [6.07, 6.45) is 1.48. The van der Waals surface area contributed by atoms with E-state index in [1.807, 2.05) is 45.0 Å². The van der Waals surface area contributed by atoms with Crippen molar-refractivity contribution in [3.8, 4) is 11.3 Å². The third-order valence-corrected chi connectivity index (χ3v) is 4.83. The molecule has 1 atom stereocenters. The maximum absolute atomic E-state index is 12.6. The molecule has 1 amide bonds. The first-order chi connectivity index (χ1) is 13.3. The van der Waals surface area contributed by atoms with Crippen LogP contribution in [-0.2, 0) is 4.74 Å². The highest BCUT2D eigenvalue weighted by molar-refractivity contribution is 6.29. The van der Waals surface area contributed by atoms with Crippen LogP contribution >= 0.6 is 11.6 Å². The number of aromatic amines is 1. The highest BCUT2D eigenvalue weighted by Crippen LogP contribution is 2.33. The van der Waals surface area contributed by atoms with Gasteiger partial charge in [0.15, 0.2) is 5.15 Å². The van der Waals surface area contributed by atoms with Gasteiger partial charge in [-0.1, -0.05) is 17.7 Å². The van der Waals surface area contributed by atoms with E-state index >= 15 is 0 Å². The largest absolute Gasteiger partial charge is 0.444 e. The minimum atomic E-state index is -0.521. The molecule has 8 heteroatoms. The maximum atomic E-state index is 12.6. The van der Waals surface area contributed by atoms with Crippen LogP contribution in [0.1, 0.15) is 45.5 Å². The van der Waals surface area contributed by atoms with Gasteiger partial charge in [0.1, 0.15) is 11.4 Å². The molecule has 1 unspecified atom stereocenters. The SMILES string of the molecule is CC(C)(C)OC(=O)N1CCCC1c1nc2ccc(-c3ccc(Cl)nn3)cc2[nH]1. The summed E-state index contributed by atoms with van der Waals surface area (Å²) in [5.41, 5.74) is 2.87. The zero-order chi connectivity index (χ0) is 19.9. The number of carbonyl (C=O) groups excluding carboxylic acids is 1. The number of aromatic nitrogens is 4. The molecule has 0 aliphatic carbocycles. The van der Waals surface area contributed by atoms with Crippen molar-refractivity contribution in [2.75, 3.05) is 6.54 Å². The van der Waals surface area contributed by atoms with Crippen molar-refractivity contribution in [3.05, 3.63) is 41.3 Å². The van der Waals surface area contributed by atoms with Crippen molar-refractivity contribution in [1.29, 1.82) is 0 Å². The Balaban J connectivity index is 1.62. The fraction of sp³-hybridized carbons (Fsp3) is 0.400. The van der Waals surface area contributed by atoms with Gasteiger partial charge in [0.05, 0.1) is 22.8 Å². The number of amides is 1. The van der Waals surface area contributed by atoms with Gasteiger partial charge >= 0.3 is 6.09 Å². The Morgan fingerprint density at radius 3 is 2.79 bits per heavy atom. The summed E-state index contributed by atoms with van der Waals surface area (Å²) in [6, 6.07) is 9.30. The van der Waals surface area contributed by atoms with Crippen LogP contribution in [0.4, 0.5) is 4.79 Å². The second-order valence-corrected chi connectivity index (χ2v) is 8.31. The number of fused-ring (bicyclic) bond motifs is 1. The molecule has 146 valence electrons. The van der Waals surface area contributed by atoms with Crippen LogP contribution in [0.2, 0.25) is 5.15 Å². The van der Waals surface area contributed by atoms with E-state index in [1.54, 1.807) is 11.0 Å². The third kappa shape index (κ3) is 3.80. The predicted octanol–water partition coefficient (Wildman–Crippen LogP) is 4.75. The first kappa shape index (κ1) is 18.7. The van der Waals surface area contributed by atoms with Gasteiger partial charge < -0.3 is 9.72 Å². The highest BCUT2D eigenvalue weighted by Gasteiger charge is 2.34. The van der Waals surface area contributed by atoms with Crippen LogP contribution in [0, 0.1) is 0 Å². The van der Waals surface area contributed by atoms with Crippen LogP contribution in [-0.4, -0.2) is 43.3 Å². The molecule has 0 saturated carbocycles. The van der Waals surface area contributed by atoms with Crippen LogP contribution in [0.3, 0.4) is 0 Å². The molecule has 3 aromatic rings. The fourth-order valence-electron chi connectivity index (χ4n) is 3.41. The Labute approximate surface area is 168 Å². The molecule has 1 saturated heterocycles. The smallest absolute Gasteiger partial charge is 0.410 e. The van der Waals surface area contributed by atoms with Gasteiger partial charge in [-0.2, -0.15) is 0 Å². The number of rotatable bonds is 2. The van der Waals surface area contributed by atoms with Crippen LogP contribution in [0.25, 0.3) is 22.3 Å². The van der Waals surface area contributed by atoms with Crippen molar-refractivity contribution in [3.63, 3.8) is 0 Å². The molecule has 1 aliphatic heterocycles. The first-order valence-electron chi connectivity index (χ1n) is 9.29. The summed E-state index contributed by atoms with van der Waals surface area (Å²) >= 11 is 5.82. The van der Waals surface area contributed by atoms with Crippen LogP contribution in [0.5, 0.6) is 0 Å². The first-order valence-corrected chi connectivity index (χ1v) is 9.67. The summed E-state index contributed by atoms with van der Waals surface area (Å²) in [5.74, 6) is 0.776. The summed E-state index contributed by atoms with van der Waals surface area (Å²) in [6.45, 7) is 6.29. The summed E-state index contributed by atoms with van der Waals surface area (Å²) in [7, 11) is 0. The number of nitrogens with one attached hydrogen (secondary N) is 1. The van der Waals surface area contributed by atoms with E-state index in [1.165, 1.54) is 0 Å². The van der Waals surface area contributed by atoms with Gasteiger partial charge in [-0.3, -0.25) is 4.90 Å². The summed E-state index contributed by atoms with van der Waals surface area (Å²) in [5, 5.41) is 8.38. The number of imidazole rings is 1. The fourth-order valence-corrected chi connectivity index (χ4v) is 3.51. The average molecular weight is 400 g/mol. The van der Waals surface area contributed by atoms with E-state index < -0.39 is 5.60 Å². The molecule has 1 aromatic carbocycles. The number of ether oxygens (including phenoxy) is 1. The van der Waals surface area contributed by atoms with Gasteiger partial charge in [0, 0.05) is 12.1 Å². The number of hydrogen-bond acceptors (Lipinski definition) is 5. The topological polar surface area (TPSA) is 84.0 Å². The van der Waals surface area contributed by atoms with Gasteiger partial charge in [0.25, 0.3) is 0 Å². The Bertz CT molecular complexity index is 1010. The molecular formula is C20H22ClN5O2. The van der Waals surface area contributed by atoms with E-state index in [2.05, 4.69) is 15.2 Å². The average Bonchev–Trinajstić information content (AvgIpc) is 3.27. The minimum absolute atomic E-state index is 0.110. The second kappa shape index (κ2) is 7.05. The lowest BCUT2D eigenvalue weighted by atomic mass is 10.1. The molecule has 3 heterocycles. The molecule has 0 radical (unpaired) electrons. The standard InChI is InChI=1S/C20H22ClN5O2/c1-20(2,3)28-19(27)26-10-4-5-16(26)18-22-14-7-6-12(11-15(14)23-18)13-8-9-17(21)25-24-13/h6-9,11,16H,4-5,10H2,1-3H3,(H,22,23). The van der Waals surface area contributed by atoms with Crippen LogP contribution < -0.4 is 0 Å². The van der Waals surface area contributed by atoms with Crippen LogP contribution in [0.15, 0.2) is 30.3 Å². The number of carbonyl (C=O) groups is 1. The molecule has 1 aliphatic rings.